The van der Waals surface area contributed by atoms with Gasteiger partial charge in [-0.25, -0.2) is 4.98 Å². The topological polar surface area (TPSA) is 81.4 Å². The first-order valence-corrected chi connectivity index (χ1v) is 7.89. The SMILES string of the molecule is O=c1ccnc2sc(Nc3cccc(Oc4ccncc4)c3)nn12. The lowest BCUT2D eigenvalue weighted by Gasteiger charge is -2.07. The second-order valence-corrected chi connectivity index (χ2v) is 5.78. The Balaban J connectivity index is 1.59. The van der Waals surface area contributed by atoms with Gasteiger partial charge in [0.1, 0.15) is 11.5 Å². The highest BCUT2D eigenvalue weighted by Crippen LogP contribution is 2.26. The van der Waals surface area contributed by atoms with E-state index >= 15 is 0 Å². The summed E-state index contributed by atoms with van der Waals surface area (Å²) in [4.78, 5) is 20.3. The molecule has 8 heteroatoms. The van der Waals surface area contributed by atoms with Gasteiger partial charge in [-0.2, -0.15) is 4.52 Å². The van der Waals surface area contributed by atoms with Gasteiger partial charge in [0.25, 0.3) is 5.56 Å². The lowest BCUT2D eigenvalue weighted by molar-refractivity contribution is 0.482. The molecule has 0 fully saturated rings. The van der Waals surface area contributed by atoms with Crippen molar-refractivity contribution in [3.05, 3.63) is 71.4 Å². The van der Waals surface area contributed by atoms with E-state index in [1.807, 2.05) is 24.3 Å². The van der Waals surface area contributed by atoms with Crippen molar-refractivity contribution in [1.82, 2.24) is 19.6 Å². The molecule has 0 radical (unpaired) electrons. The summed E-state index contributed by atoms with van der Waals surface area (Å²) in [5, 5.41) is 7.96. The molecule has 0 unspecified atom stereocenters. The number of pyridine rings is 1. The Morgan fingerprint density at radius 1 is 1.04 bits per heavy atom. The fraction of sp³-hybridized carbons (Fsp3) is 0. The molecule has 118 valence electrons. The zero-order chi connectivity index (χ0) is 16.4. The molecule has 0 aliphatic rings. The first-order chi connectivity index (χ1) is 11.8. The van der Waals surface area contributed by atoms with Gasteiger partial charge >= 0.3 is 0 Å². The van der Waals surface area contributed by atoms with Gasteiger partial charge in [-0.05, 0) is 24.3 Å². The standard InChI is InChI=1S/C16H11N5O2S/c22-14-6-9-18-16-21(14)20-15(24-16)19-11-2-1-3-13(10-11)23-12-4-7-17-8-5-12/h1-10H,(H,19,20). The molecule has 0 aliphatic carbocycles. The monoisotopic (exact) mass is 337 g/mol. The minimum absolute atomic E-state index is 0.209. The molecule has 1 N–H and O–H groups in total. The number of ether oxygens (including phenoxy) is 1. The van der Waals surface area contributed by atoms with Crippen LogP contribution in [-0.2, 0) is 0 Å². The lowest BCUT2D eigenvalue weighted by atomic mass is 10.3. The van der Waals surface area contributed by atoms with Crippen molar-refractivity contribution in [3.63, 3.8) is 0 Å². The highest BCUT2D eigenvalue weighted by Gasteiger charge is 2.07. The summed E-state index contributed by atoms with van der Waals surface area (Å²) >= 11 is 1.30. The Labute approximate surface area is 140 Å². The molecule has 4 aromatic rings. The summed E-state index contributed by atoms with van der Waals surface area (Å²) in [7, 11) is 0. The maximum atomic E-state index is 11.7. The minimum atomic E-state index is -0.209. The number of aromatic nitrogens is 4. The molecule has 0 amide bonds. The van der Waals surface area contributed by atoms with Crippen LogP contribution in [0.4, 0.5) is 10.8 Å². The third-order valence-corrected chi connectivity index (χ3v) is 3.98. The molecule has 3 heterocycles. The molecule has 0 saturated carbocycles. The number of rotatable bonds is 4. The zero-order valence-corrected chi connectivity index (χ0v) is 13.1. The molecule has 0 bridgehead atoms. The first kappa shape index (κ1) is 14.3. The van der Waals surface area contributed by atoms with Crippen LogP contribution < -0.4 is 15.6 Å². The normalized spacial score (nSPS) is 10.7. The van der Waals surface area contributed by atoms with Crippen LogP contribution in [0, 0.1) is 0 Å². The van der Waals surface area contributed by atoms with Crippen LogP contribution in [0.5, 0.6) is 11.5 Å². The maximum absolute atomic E-state index is 11.7. The minimum Gasteiger partial charge on any atom is -0.457 e. The van der Waals surface area contributed by atoms with Crippen LogP contribution in [0.3, 0.4) is 0 Å². The third kappa shape index (κ3) is 2.95. The molecular formula is C16H11N5O2S. The fourth-order valence-electron chi connectivity index (χ4n) is 2.10. The van der Waals surface area contributed by atoms with Crippen molar-refractivity contribution in [2.24, 2.45) is 0 Å². The van der Waals surface area contributed by atoms with Gasteiger partial charge in [0.05, 0.1) is 0 Å². The van der Waals surface area contributed by atoms with Crippen molar-refractivity contribution in [2.45, 2.75) is 0 Å². The van der Waals surface area contributed by atoms with Gasteiger partial charge in [0, 0.05) is 36.4 Å². The van der Waals surface area contributed by atoms with E-state index in [1.54, 1.807) is 24.5 Å². The van der Waals surface area contributed by atoms with E-state index in [2.05, 4.69) is 20.4 Å². The molecule has 7 nitrogen and oxygen atoms in total. The van der Waals surface area contributed by atoms with Crippen molar-refractivity contribution in [1.29, 1.82) is 0 Å². The Kier molecular flexibility index (Phi) is 3.64. The van der Waals surface area contributed by atoms with Crippen LogP contribution in [-0.4, -0.2) is 19.6 Å². The Hall–Kier alpha value is -3.26. The summed E-state index contributed by atoms with van der Waals surface area (Å²) in [6.45, 7) is 0. The van der Waals surface area contributed by atoms with Crippen LogP contribution >= 0.6 is 11.3 Å². The second kappa shape index (κ2) is 6.09. The van der Waals surface area contributed by atoms with E-state index in [4.69, 9.17) is 4.74 Å². The largest absolute Gasteiger partial charge is 0.457 e. The van der Waals surface area contributed by atoms with Gasteiger partial charge in [-0.1, -0.05) is 17.4 Å². The van der Waals surface area contributed by atoms with Crippen molar-refractivity contribution in [2.75, 3.05) is 5.32 Å². The van der Waals surface area contributed by atoms with Gasteiger partial charge in [0.2, 0.25) is 10.1 Å². The number of fused-ring (bicyclic) bond motifs is 1. The number of anilines is 2. The second-order valence-electron chi connectivity index (χ2n) is 4.82. The number of benzene rings is 1. The molecule has 24 heavy (non-hydrogen) atoms. The Morgan fingerprint density at radius 3 is 2.75 bits per heavy atom. The predicted octanol–water partition coefficient (Wildman–Crippen LogP) is 3.08. The van der Waals surface area contributed by atoms with Crippen LogP contribution in [0.1, 0.15) is 0 Å². The van der Waals surface area contributed by atoms with E-state index < -0.39 is 0 Å². The number of hydrogen-bond donors (Lipinski definition) is 1. The van der Waals surface area contributed by atoms with Crippen molar-refractivity contribution in [3.8, 4) is 11.5 Å². The Bertz CT molecular complexity index is 1040. The average molecular weight is 337 g/mol. The summed E-state index contributed by atoms with van der Waals surface area (Å²) in [6.07, 6.45) is 4.81. The van der Waals surface area contributed by atoms with Gasteiger partial charge in [-0.3, -0.25) is 9.78 Å². The highest BCUT2D eigenvalue weighted by atomic mass is 32.1. The number of nitrogens with one attached hydrogen (secondary N) is 1. The third-order valence-electron chi connectivity index (χ3n) is 3.14. The first-order valence-electron chi connectivity index (χ1n) is 7.08. The lowest BCUT2D eigenvalue weighted by Crippen LogP contribution is -2.12. The van der Waals surface area contributed by atoms with Crippen LogP contribution in [0.2, 0.25) is 0 Å². The summed E-state index contributed by atoms with van der Waals surface area (Å²) < 4.78 is 7.04. The molecule has 4 rings (SSSR count). The fourth-order valence-corrected chi connectivity index (χ4v) is 2.89. The van der Waals surface area contributed by atoms with Gasteiger partial charge in [-0.15, -0.1) is 5.10 Å². The molecule has 1 aromatic carbocycles. The van der Waals surface area contributed by atoms with Crippen molar-refractivity contribution >= 4 is 27.1 Å². The number of hydrogen-bond acceptors (Lipinski definition) is 7. The van der Waals surface area contributed by atoms with E-state index in [1.165, 1.54) is 28.1 Å². The molecule has 0 spiro atoms. The molecular weight excluding hydrogens is 326 g/mol. The van der Waals surface area contributed by atoms with E-state index in [9.17, 15) is 4.79 Å². The summed E-state index contributed by atoms with van der Waals surface area (Å²) in [6, 6.07) is 12.4. The molecule has 0 aliphatic heterocycles. The molecule has 0 saturated heterocycles. The van der Waals surface area contributed by atoms with E-state index in [0.29, 0.717) is 21.6 Å². The summed E-state index contributed by atoms with van der Waals surface area (Å²) in [5.74, 6) is 1.39. The van der Waals surface area contributed by atoms with E-state index in [0.717, 1.165) is 5.69 Å². The van der Waals surface area contributed by atoms with Crippen molar-refractivity contribution < 1.29 is 4.74 Å². The number of nitrogens with zero attached hydrogens (tertiary/aromatic N) is 4. The average Bonchev–Trinajstić information content (AvgIpc) is 3.00. The Morgan fingerprint density at radius 2 is 1.92 bits per heavy atom. The van der Waals surface area contributed by atoms with Crippen LogP contribution in [0.25, 0.3) is 4.96 Å². The van der Waals surface area contributed by atoms with Crippen LogP contribution in [0.15, 0.2) is 65.8 Å². The van der Waals surface area contributed by atoms with Gasteiger partial charge < -0.3 is 10.1 Å². The summed E-state index contributed by atoms with van der Waals surface area (Å²) in [5.41, 5.74) is 0.590. The molecule has 0 atom stereocenters. The smallest absolute Gasteiger partial charge is 0.275 e. The molecule has 3 aromatic heterocycles. The quantitative estimate of drug-likeness (QED) is 0.616. The maximum Gasteiger partial charge on any atom is 0.275 e. The zero-order valence-electron chi connectivity index (χ0n) is 12.3. The highest BCUT2D eigenvalue weighted by molar-refractivity contribution is 7.20. The van der Waals surface area contributed by atoms with E-state index in [-0.39, 0.29) is 5.56 Å². The van der Waals surface area contributed by atoms with Gasteiger partial charge in [0.15, 0.2) is 0 Å². The predicted molar refractivity (Wildman–Crippen MR) is 91.2 cm³/mol.